The smallest absolute Gasteiger partial charge is 0.128 e. The van der Waals surface area contributed by atoms with Crippen LogP contribution < -0.4 is 5.73 Å². The van der Waals surface area contributed by atoms with Crippen LogP contribution in [0.1, 0.15) is 11.5 Å². The van der Waals surface area contributed by atoms with Gasteiger partial charge in [0, 0.05) is 6.54 Å². The highest BCUT2D eigenvalue weighted by atomic mass is 16.3. The first-order valence-corrected chi connectivity index (χ1v) is 3.72. The van der Waals surface area contributed by atoms with E-state index in [9.17, 15) is 4.79 Å². The number of benzene rings is 1. The molecule has 0 aliphatic rings. The Balaban J connectivity index is 2.93. The number of hydrogen-bond donors (Lipinski definition) is 2. The Labute approximate surface area is 70.8 Å². The zero-order chi connectivity index (χ0) is 8.97. The first-order valence-electron chi connectivity index (χ1n) is 3.72. The molecule has 0 amide bonds. The highest BCUT2D eigenvalue weighted by Crippen LogP contribution is 2.17. The van der Waals surface area contributed by atoms with E-state index in [1.54, 1.807) is 24.3 Å². The molecule has 0 aromatic heterocycles. The Hall–Kier alpha value is -1.35. The summed E-state index contributed by atoms with van der Waals surface area (Å²) in [5, 5.41) is 9.10. The number of hydrogen-bond acceptors (Lipinski definition) is 3. The molecule has 0 aliphatic heterocycles. The van der Waals surface area contributed by atoms with Crippen molar-refractivity contribution in [3.63, 3.8) is 0 Å². The van der Waals surface area contributed by atoms with Gasteiger partial charge in [-0.25, -0.2) is 0 Å². The van der Waals surface area contributed by atoms with Crippen LogP contribution in [-0.4, -0.2) is 17.9 Å². The zero-order valence-electron chi connectivity index (χ0n) is 6.60. The van der Waals surface area contributed by atoms with Crippen LogP contribution in [0.5, 0.6) is 5.75 Å². The lowest BCUT2D eigenvalue weighted by Gasteiger charge is -2.06. The maximum atomic E-state index is 10.5. The molecule has 3 N–H and O–H groups in total. The molecule has 0 spiro atoms. The minimum Gasteiger partial charge on any atom is -0.508 e. The lowest BCUT2D eigenvalue weighted by atomic mass is 10.0. The van der Waals surface area contributed by atoms with Crippen molar-refractivity contribution in [1.82, 2.24) is 0 Å². The van der Waals surface area contributed by atoms with Crippen LogP contribution in [0.25, 0.3) is 0 Å². The number of carbonyl (C=O) groups is 1. The van der Waals surface area contributed by atoms with E-state index in [2.05, 4.69) is 0 Å². The molecule has 1 aromatic rings. The van der Waals surface area contributed by atoms with Crippen molar-refractivity contribution in [1.29, 1.82) is 0 Å². The average Bonchev–Trinajstić information content (AvgIpc) is 2.07. The third-order valence-corrected chi connectivity index (χ3v) is 1.72. The second kappa shape index (κ2) is 3.88. The second-order valence-corrected chi connectivity index (χ2v) is 2.57. The van der Waals surface area contributed by atoms with E-state index in [-0.39, 0.29) is 18.2 Å². The highest BCUT2D eigenvalue weighted by molar-refractivity contribution is 5.62. The Morgan fingerprint density at radius 2 is 2.33 bits per heavy atom. The van der Waals surface area contributed by atoms with Crippen LogP contribution in [0.4, 0.5) is 0 Å². The Morgan fingerprint density at radius 3 is 2.83 bits per heavy atom. The topological polar surface area (TPSA) is 63.3 Å². The van der Waals surface area contributed by atoms with Gasteiger partial charge in [0.2, 0.25) is 0 Å². The third kappa shape index (κ3) is 1.83. The summed E-state index contributed by atoms with van der Waals surface area (Å²) in [5.74, 6) is -0.148. The van der Waals surface area contributed by atoms with Crippen LogP contribution in [0.3, 0.4) is 0 Å². The number of phenols is 1. The van der Waals surface area contributed by atoms with Gasteiger partial charge in [-0.05, 0) is 17.7 Å². The van der Waals surface area contributed by atoms with Crippen LogP contribution >= 0.6 is 0 Å². The predicted octanol–water partition coefficient (Wildman–Crippen LogP) is 0.633. The van der Waals surface area contributed by atoms with E-state index in [0.29, 0.717) is 0 Å². The highest BCUT2D eigenvalue weighted by Gasteiger charge is 2.07. The van der Waals surface area contributed by atoms with Gasteiger partial charge in [0.1, 0.15) is 12.0 Å². The summed E-state index contributed by atoms with van der Waals surface area (Å²) in [5.41, 5.74) is 6.11. The lowest BCUT2D eigenvalue weighted by Crippen LogP contribution is -2.13. The Bertz CT molecular complexity index is 273. The van der Waals surface area contributed by atoms with Crippen molar-refractivity contribution in [2.24, 2.45) is 5.73 Å². The van der Waals surface area contributed by atoms with Crippen molar-refractivity contribution >= 4 is 6.29 Å². The maximum absolute atomic E-state index is 10.5. The molecule has 3 nitrogen and oxygen atoms in total. The summed E-state index contributed by atoms with van der Waals surface area (Å²) in [7, 11) is 0. The monoisotopic (exact) mass is 165 g/mol. The molecule has 3 heteroatoms. The molecule has 0 aliphatic carbocycles. The first-order chi connectivity index (χ1) is 5.77. The summed E-state index contributed by atoms with van der Waals surface area (Å²) in [6.45, 7) is 0.271. The largest absolute Gasteiger partial charge is 0.508 e. The van der Waals surface area contributed by atoms with Crippen molar-refractivity contribution in [2.75, 3.05) is 6.54 Å². The van der Waals surface area contributed by atoms with E-state index in [0.717, 1.165) is 11.8 Å². The number of nitrogens with two attached hydrogens (primary N) is 1. The van der Waals surface area contributed by atoms with Crippen molar-refractivity contribution in [3.05, 3.63) is 29.8 Å². The summed E-state index contributed by atoms with van der Waals surface area (Å²) in [6.07, 6.45) is 0.786. The summed E-state index contributed by atoms with van der Waals surface area (Å²) < 4.78 is 0. The van der Waals surface area contributed by atoms with Crippen molar-refractivity contribution in [2.45, 2.75) is 5.92 Å². The minimum absolute atomic E-state index is 0.160. The Morgan fingerprint density at radius 1 is 1.58 bits per heavy atom. The SMILES string of the molecule is NCC(C=O)c1cccc(O)c1. The maximum Gasteiger partial charge on any atom is 0.128 e. The molecule has 12 heavy (non-hydrogen) atoms. The van der Waals surface area contributed by atoms with Gasteiger partial charge in [-0.2, -0.15) is 0 Å². The number of aromatic hydroxyl groups is 1. The fraction of sp³-hybridized carbons (Fsp3) is 0.222. The molecular formula is C9H11NO2. The quantitative estimate of drug-likeness (QED) is 0.646. The molecule has 0 saturated carbocycles. The standard InChI is InChI=1S/C9H11NO2/c10-5-8(6-11)7-2-1-3-9(12)4-7/h1-4,6,8,12H,5,10H2. The van der Waals surface area contributed by atoms with Gasteiger partial charge in [-0.15, -0.1) is 0 Å². The van der Waals surface area contributed by atoms with E-state index >= 15 is 0 Å². The summed E-state index contributed by atoms with van der Waals surface area (Å²) >= 11 is 0. The average molecular weight is 165 g/mol. The molecular weight excluding hydrogens is 154 g/mol. The fourth-order valence-corrected chi connectivity index (χ4v) is 1.03. The molecule has 1 rings (SSSR count). The molecule has 1 aromatic carbocycles. The van der Waals surface area contributed by atoms with Crippen molar-refractivity contribution in [3.8, 4) is 5.75 Å². The third-order valence-electron chi connectivity index (χ3n) is 1.72. The lowest BCUT2D eigenvalue weighted by molar-refractivity contribution is -0.108. The van der Waals surface area contributed by atoms with Crippen LogP contribution in [0.15, 0.2) is 24.3 Å². The van der Waals surface area contributed by atoms with Crippen LogP contribution in [0.2, 0.25) is 0 Å². The van der Waals surface area contributed by atoms with E-state index in [4.69, 9.17) is 10.8 Å². The summed E-state index contributed by atoms with van der Waals surface area (Å²) in [6, 6.07) is 6.57. The van der Waals surface area contributed by atoms with Crippen molar-refractivity contribution < 1.29 is 9.90 Å². The van der Waals surface area contributed by atoms with Gasteiger partial charge in [0.15, 0.2) is 0 Å². The van der Waals surface area contributed by atoms with Gasteiger partial charge < -0.3 is 15.6 Å². The number of aldehydes is 1. The van der Waals surface area contributed by atoms with Crippen LogP contribution in [0, 0.1) is 0 Å². The fourth-order valence-electron chi connectivity index (χ4n) is 1.03. The molecule has 64 valence electrons. The van der Waals surface area contributed by atoms with E-state index in [1.165, 1.54) is 0 Å². The normalized spacial score (nSPS) is 12.4. The second-order valence-electron chi connectivity index (χ2n) is 2.57. The van der Waals surface area contributed by atoms with Crippen LogP contribution in [-0.2, 0) is 4.79 Å². The zero-order valence-corrected chi connectivity index (χ0v) is 6.60. The molecule has 1 atom stereocenters. The molecule has 1 unspecified atom stereocenters. The van der Waals surface area contributed by atoms with E-state index in [1.807, 2.05) is 0 Å². The van der Waals surface area contributed by atoms with Gasteiger partial charge in [0.05, 0.1) is 5.92 Å². The van der Waals surface area contributed by atoms with Gasteiger partial charge in [-0.3, -0.25) is 0 Å². The molecule has 0 bridgehead atoms. The summed E-state index contributed by atoms with van der Waals surface area (Å²) in [4.78, 5) is 10.5. The van der Waals surface area contributed by atoms with Gasteiger partial charge in [0.25, 0.3) is 0 Å². The first kappa shape index (κ1) is 8.74. The molecule has 0 fully saturated rings. The molecule has 0 heterocycles. The molecule has 0 radical (unpaired) electrons. The molecule has 0 saturated heterocycles. The number of carbonyl (C=O) groups excluding carboxylic acids is 1. The Kier molecular flexibility index (Phi) is 2.82. The number of phenolic OH excluding ortho intramolecular Hbond substituents is 1. The number of rotatable bonds is 3. The minimum atomic E-state index is -0.308. The predicted molar refractivity (Wildman–Crippen MR) is 46.0 cm³/mol. The van der Waals surface area contributed by atoms with Gasteiger partial charge in [-0.1, -0.05) is 12.1 Å². The van der Waals surface area contributed by atoms with E-state index < -0.39 is 0 Å². The van der Waals surface area contributed by atoms with Gasteiger partial charge >= 0.3 is 0 Å².